The van der Waals surface area contributed by atoms with Crippen LogP contribution < -0.4 is 5.46 Å². The van der Waals surface area contributed by atoms with Gasteiger partial charge in [0, 0.05) is 10.5 Å². The summed E-state index contributed by atoms with van der Waals surface area (Å²) < 4.78 is 18.5. The van der Waals surface area contributed by atoms with Gasteiger partial charge in [-0.3, -0.25) is 0 Å². The van der Waals surface area contributed by atoms with Crippen LogP contribution in [0.5, 0.6) is 0 Å². The number of hydrogen-bond donors (Lipinski definition) is 0. The molecule has 0 spiro atoms. The Morgan fingerprint density at radius 3 is 2.04 bits per heavy atom. The van der Waals surface area contributed by atoms with Crippen LogP contribution in [0.25, 0.3) is 0 Å². The van der Waals surface area contributed by atoms with Crippen molar-refractivity contribution in [1.82, 2.24) is 0 Å². The Morgan fingerprint density at radius 2 is 1.60 bits per heavy atom. The molecule has 3 nitrogen and oxygen atoms in total. The third kappa shape index (κ3) is 4.33. The molecule has 6 heteroatoms. The van der Waals surface area contributed by atoms with Crippen molar-refractivity contribution < 1.29 is 13.7 Å². The Bertz CT molecular complexity index is 622. The summed E-state index contributed by atoms with van der Waals surface area (Å²) in [6.45, 7) is 20.0. The summed E-state index contributed by atoms with van der Waals surface area (Å²) in [6, 6.07) is 6.02. The Balaban J connectivity index is 2.12. The standard InChI is InChI=1S/C19H32BClO3Si/c1-17(2,3)25(8,9)22-13-14-10-11-15(16(21)12-14)20-23-18(4,5)19(6,7)24-20/h10-12H,13H2,1-9H3. The van der Waals surface area contributed by atoms with Crippen molar-refractivity contribution in [3.8, 4) is 0 Å². The van der Waals surface area contributed by atoms with Crippen LogP contribution in [0.1, 0.15) is 54.0 Å². The average molecular weight is 383 g/mol. The SMILES string of the molecule is CC1(C)OB(c2ccc(CO[Si](C)(C)C(C)(C)C)cc2Cl)OC1(C)C. The van der Waals surface area contributed by atoms with E-state index in [1.807, 2.05) is 39.8 Å². The molecule has 0 aromatic heterocycles. The zero-order chi connectivity index (χ0) is 19.3. The lowest BCUT2D eigenvalue weighted by Crippen LogP contribution is -2.41. The van der Waals surface area contributed by atoms with Gasteiger partial charge >= 0.3 is 7.12 Å². The highest BCUT2D eigenvalue weighted by molar-refractivity contribution is 6.74. The van der Waals surface area contributed by atoms with Gasteiger partial charge in [0.2, 0.25) is 0 Å². The van der Waals surface area contributed by atoms with Crippen molar-refractivity contribution in [3.05, 3.63) is 28.8 Å². The average Bonchev–Trinajstić information content (AvgIpc) is 2.64. The maximum Gasteiger partial charge on any atom is 0.496 e. The molecule has 1 fully saturated rings. The van der Waals surface area contributed by atoms with Crippen LogP contribution in [0.15, 0.2) is 18.2 Å². The van der Waals surface area contributed by atoms with E-state index in [0.717, 1.165) is 11.0 Å². The van der Waals surface area contributed by atoms with Crippen molar-refractivity contribution in [2.75, 3.05) is 0 Å². The zero-order valence-corrected chi connectivity index (χ0v) is 18.9. The molecule has 1 aliphatic rings. The van der Waals surface area contributed by atoms with Gasteiger partial charge in [0.25, 0.3) is 0 Å². The lowest BCUT2D eigenvalue weighted by Gasteiger charge is -2.36. The summed E-state index contributed by atoms with van der Waals surface area (Å²) in [4.78, 5) is 0. The topological polar surface area (TPSA) is 27.7 Å². The molecular formula is C19H32BClO3Si. The molecule has 0 bridgehead atoms. The number of hydrogen-bond acceptors (Lipinski definition) is 3. The molecule has 1 saturated heterocycles. The Labute approximate surface area is 159 Å². The highest BCUT2D eigenvalue weighted by atomic mass is 35.5. The first-order valence-electron chi connectivity index (χ1n) is 8.94. The van der Waals surface area contributed by atoms with Gasteiger partial charge in [0.15, 0.2) is 8.32 Å². The molecule has 1 heterocycles. The van der Waals surface area contributed by atoms with Gasteiger partial charge in [0.05, 0.1) is 17.8 Å². The number of benzene rings is 1. The molecule has 0 radical (unpaired) electrons. The molecule has 1 aromatic rings. The molecule has 140 valence electrons. The Morgan fingerprint density at radius 1 is 1.08 bits per heavy atom. The fourth-order valence-electron chi connectivity index (χ4n) is 2.30. The lowest BCUT2D eigenvalue weighted by atomic mass is 9.78. The quantitative estimate of drug-likeness (QED) is 0.673. The maximum atomic E-state index is 6.53. The van der Waals surface area contributed by atoms with Crippen LogP contribution in [-0.2, 0) is 20.3 Å². The fourth-order valence-corrected chi connectivity index (χ4v) is 3.55. The van der Waals surface area contributed by atoms with E-state index in [9.17, 15) is 0 Å². The monoisotopic (exact) mass is 382 g/mol. The normalized spacial score (nSPS) is 20.2. The van der Waals surface area contributed by atoms with Gasteiger partial charge in [-0.2, -0.15) is 0 Å². The van der Waals surface area contributed by atoms with E-state index >= 15 is 0 Å². The summed E-state index contributed by atoms with van der Waals surface area (Å²) in [5, 5.41) is 0.856. The largest absolute Gasteiger partial charge is 0.496 e. The van der Waals surface area contributed by atoms with Crippen molar-refractivity contribution >= 4 is 32.5 Å². The number of rotatable bonds is 4. The molecule has 0 amide bonds. The summed E-state index contributed by atoms with van der Waals surface area (Å²) >= 11 is 6.53. The zero-order valence-electron chi connectivity index (χ0n) is 17.1. The minimum Gasteiger partial charge on any atom is -0.413 e. The maximum absolute atomic E-state index is 6.53. The van der Waals surface area contributed by atoms with E-state index in [1.165, 1.54) is 0 Å². The van der Waals surface area contributed by atoms with Crippen LogP contribution in [0.3, 0.4) is 0 Å². The van der Waals surface area contributed by atoms with Gasteiger partial charge in [-0.15, -0.1) is 0 Å². The van der Waals surface area contributed by atoms with E-state index in [0.29, 0.717) is 11.6 Å². The molecule has 2 rings (SSSR count). The van der Waals surface area contributed by atoms with Gasteiger partial charge in [-0.1, -0.05) is 44.5 Å². The predicted molar refractivity (Wildman–Crippen MR) is 109 cm³/mol. The first-order valence-corrected chi connectivity index (χ1v) is 12.2. The van der Waals surface area contributed by atoms with Crippen molar-refractivity contribution in [2.45, 2.75) is 84.4 Å². The molecule has 0 aliphatic carbocycles. The predicted octanol–water partition coefficient (Wildman–Crippen LogP) is 5.16. The molecule has 0 atom stereocenters. The molecule has 25 heavy (non-hydrogen) atoms. The van der Waals surface area contributed by atoms with Gasteiger partial charge in [-0.25, -0.2) is 0 Å². The van der Waals surface area contributed by atoms with Crippen LogP contribution in [0.2, 0.25) is 23.2 Å². The molecule has 1 aromatic carbocycles. The number of halogens is 1. The first-order chi connectivity index (χ1) is 11.2. The van der Waals surface area contributed by atoms with E-state index in [1.54, 1.807) is 0 Å². The smallest absolute Gasteiger partial charge is 0.413 e. The second-order valence-electron chi connectivity index (χ2n) is 9.49. The summed E-state index contributed by atoms with van der Waals surface area (Å²) in [5.74, 6) is 0. The highest BCUT2D eigenvalue weighted by Gasteiger charge is 2.52. The minimum atomic E-state index is -1.77. The van der Waals surface area contributed by atoms with Crippen LogP contribution in [-0.4, -0.2) is 26.6 Å². The molecule has 0 N–H and O–H groups in total. The van der Waals surface area contributed by atoms with E-state index in [2.05, 4.69) is 39.9 Å². The summed E-state index contributed by atoms with van der Waals surface area (Å²) in [5.41, 5.74) is 1.21. The lowest BCUT2D eigenvalue weighted by molar-refractivity contribution is 0.00578. The van der Waals surface area contributed by atoms with Gasteiger partial charge in [0.1, 0.15) is 0 Å². The summed E-state index contributed by atoms with van der Waals surface area (Å²) in [6.07, 6.45) is 0. The van der Waals surface area contributed by atoms with Gasteiger partial charge < -0.3 is 13.7 Å². The van der Waals surface area contributed by atoms with Crippen LogP contribution >= 0.6 is 11.6 Å². The van der Waals surface area contributed by atoms with Gasteiger partial charge in [-0.05, 0) is 57.5 Å². The summed E-state index contributed by atoms with van der Waals surface area (Å²) in [7, 11) is -2.21. The van der Waals surface area contributed by atoms with E-state index < -0.39 is 15.4 Å². The third-order valence-electron chi connectivity index (χ3n) is 5.98. The van der Waals surface area contributed by atoms with E-state index in [-0.39, 0.29) is 16.2 Å². The molecular weight excluding hydrogens is 351 g/mol. The van der Waals surface area contributed by atoms with Crippen molar-refractivity contribution in [2.24, 2.45) is 0 Å². The van der Waals surface area contributed by atoms with E-state index in [4.69, 9.17) is 25.3 Å². The minimum absolute atomic E-state index is 0.194. The Kier molecular flexibility index (Phi) is 5.61. The second-order valence-corrected chi connectivity index (χ2v) is 14.7. The molecule has 0 saturated carbocycles. The Hall–Kier alpha value is -0.328. The third-order valence-corrected chi connectivity index (χ3v) is 10.8. The fraction of sp³-hybridized carbons (Fsp3) is 0.684. The first kappa shape index (κ1) is 21.0. The molecule has 1 aliphatic heterocycles. The van der Waals surface area contributed by atoms with Crippen molar-refractivity contribution in [3.63, 3.8) is 0 Å². The van der Waals surface area contributed by atoms with Crippen LogP contribution in [0.4, 0.5) is 0 Å². The molecule has 0 unspecified atom stereocenters. The second kappa shape index (κ2) is 6.68. The van der Waals surface area contributed by atoms with Crippen LogP contribution in [0, 0.1) is 0 Å². The van der Waals surface area contributed by atoms with Crippen molar-refractivity contribution in [1.29, 1.82) is 0 Å². The highest BCUT2D eigenvalue weighted by Crippen LogP contribution is 2.38.